The number of aryl methyl sites for hydroxylation is 1. The molecule has 0 aromatic heterocycles. The van der Waals surface area contributed by atoms with Gasteiger partial charge in [-0.3, -0.25) is 0 Å². The molecule has 1 aromatic carbocycles. The van der Waals surface area contributed by atoms with Crippen LogP contribution in [0.15, 0.2) is 51.5 Å². The maximum Gasteiger partial charge on any atom is 0.0831 e. The monoisotopic (exact) mass is 333 g/mol. The van der Waals surface area contributed by atoms with Gasteiger partial charge in [0.2, 0.25) is 0 Å². The van der Waals surface area contributed by atoms with Crippen molar-refractivity contribution in [2.45, 2.75) is 51.4 Å². The normalized spacial score (nSPS) is 20.5. The van der Waals surface area contributed by atoms with Gasteiger partial charge in [0.15, 0.2) is 0 Å². The molecular formula is C18H27NOSSi. The van der Waals surface area contributed by atoms with Gasteiger partial charge in [-0.15, -0.1) is 0 Å². The molecule has 0 amide bonds. The predicted octanol–water partition coefficient (Wildman–Crippen LogP) is 4.80. The van der Waals surface area contributed by atoms with E-state index in [1.807, 2.05) is 24.3 Å². The highest BCUT2D eigenvalue weighted by Crippen LogP contribution is 2.32. The van der Waals surface area contributed by atoms with E-state index in [4.69, 9.17) is 0 Å². The fraction of sp³-hybridized carbons (Fsp3) is 0.444. The van der Waals surface area contributed by atoms with E-state index in [1.54, 1.807) is 0 Å². The standard InChI is InChI=1S/C18H27NOSSi/c1-13-7-9-16(10-8-13)21(20)18-14(2)11-15(3)19-17(18)12-22(4,5)6/h7-11,14,19H,12H2,1-6H3/t14-,21?/m1/s1. The molecular weight excluding hydrogens is 306 g/mol. The molecule has 2 nitrogen and oxygen atoms in total. The number of nitrogens with one attached hydrogen (secondary N) is 1. The molecule has 2 atom stereocenters. The molecule has 22 heavy (non-hydrogen) atoms. The van der Waals surface area contributed by atoms with E-state index in [-0.39, 0.29) is 5.92 Å². The summed E-state index contributed by atoms with van der Waals surface area (Å²) in [5.74, 6) is 0.217. The molecule has 1 unspecified atom stereocenters. The first-order valence-corrected chi connectivity index (χ1v) is 12.7. The van der Waals surface area contributed by atoms with Crippen molar-refractivity contribution in [2.75, 3.05) is 0 Å². The lowest BCUT2D eigenvalue weighted by molar-refractivity contribution is 0.678. The van der Waals surface area contributed by atoms with Crippen LogP contribution in [-0.4, -0.2) is 12.3 Å². The van der Waals surface area contributed by atoms with E-state index in [9.17, 15) is 4.21 Å². The molecule has 0 aliphatic carbocycles. The second-order valence-corrected chi connectivity index (χ2v) is 14.3. The maximum atomic E-state index is 13.1. The third-order valence-electron chi connectivity index (χ3n) is 3.70. The van der Waals surface area contributed by atoms with Gasteiger partial charge in [0.25, 0.3) is 0 Å². The Bertz CT molecular complexity index is 638. The highest BCUT2D eigenvalue weighted by Gasteiger charge is 2.27. The van der Waals surface area contributed by atoms with E-state index in [0.717, 1.165) is 15.8 Å². The molecule has 1 N–H and O–H groups in total. The number of benzene rings is 1. The zero-order valence-corrected chi connectivity index (χ0v) is 16.3. The van der Waals surface area contributed by atoms with E-state index in [0.29, 0.717) is 0 Å². The van der Waals surface area contributed by atoms with Crippen molar-refractivity contribution < 1.29 is 4.21 Å². The lowest BCUT2D eigenvalue weighted by Gasteiger charge is -2.29. The fourth-order valence-corrected chi connectivity index (χ4v) is 5.66. The Labute approximate surface area is 138 Å². The van der Waals surface area contributed by atoms with Gasteiger partial charge in [0.1, 0.15) is 0 Å². The van der Waals surface area contributed by atoms with Crippen molar-refractivity contribution in [3.8, 4) is 0 Å². The van der Waals surface area contributed by atoms with Gasteiger partial charge in [-0.1, -0.05) is 50.3 Å². The Morgan fingerprint density at radius 1 is 1.14 bits per heavy atom. The SMILES string of the molecule is CC1=C[C@@H](C)C(S(=O)c2ccc(C)cc2)=C(C[Si](C)(C)C)N1. The quantitative estimate of drug-likeness (QED) is 0.802. The number of hydrogen-bond acceptors (Lipinski definition) is 2. The summed E-state index contributed by atoms with van der Waals surface area (Å²) < 4.78 is 13.1. The summed E-state index contributed by atoms with van der Waals surface area (Å²) in [6, 6.07) is 9.09. The number of hydrogen-bond donors (Lipinski definition) is 1. The molecule has 2 rings (SSSR count). The smallest absolute Gasteiger partial charge is 0.0831 e. The van der Waals surface area contributed by atoms with Crippen LogP contribution >= 0.6 is 0 Å². The topological polar surface area (TPSA) is 29.1 Å². The Morgan fingerprint density at radius 3 is 2.27 bits per heavy atom. The molecule has 120 valence electrons. The molecule has 0 radical (unpaired) electrons. The minimum absolute atomic E-state index is 0.217. The van der Waals surface area contributed by atoms with Crippen molar-refractivity contribution in [1.29, 1.82) is 0 Å². The average molecular weight is 334 g/mol. The van der Waals surface area contributed by atoms with Crippen molar-refractivity contribution in [1.82, 2.24) is 5.32 Å². The van der Waals surface area contributed by atoms with E-state index in [2.05, 4.69) is 51.8 Å². The maximum absolute atomic E-state index is 13.1. The van der Waals surface area contributed by atoms with Gasteiger partial charge >= 0.3 is 0 Å². The molecule has 1 aliphatic rings. The molecule has 1 aromatic rings. The molecule has 0 saturated carbocycles. The second kappa shape index (κ2) is 6.55. The Kier molecular flexibility index (Phi) is 5.13. The van der Waals surface area contributed by atoms with Gasteiger partial charge < -0.3 is 5.32 Å². The summed E-state index contributed by atoms with van der Waals surface area (Å²) in [5, 5.41) is 3.50. The Balaban J connectivity index is 2.43. The average Bonchev–Trinajstić information content (AvgIpc) is 2.36. The van der Waals surface area contributed by atoms with Crippen molar-refractivity contribution in [3.63, 3.8) is 0 Å². The third-order valence-corrected chi connectivity index (χ3v) is 6.83. The van der Waals surface area contributed by atoms with Gasteiger partial charge in [0, 0.05) is 27.1 Å². The van der Waals surface area contributed by atoms with Gasteiger partial charge in [-0.2, -0.15) is 0 Å². The van der Waals surface area contributed by atoms with E-state index < -0.39 is 18.9 Å². The Hall–Kier alpha value is -1.13. The fourth-order valence-electron chi connectivity index (χ4n) is 2.80. The molecule has 4 heteroatoms. The minimum Gasteiger partial charge on any atom is -0.362 e. The van der Waals surface area contributed by atoms with Crippen LogP contribution in [0.5, 0.6) is 0 Å². The summed E-state index contributed by atoms with van der Waals surface area (Å²) in [4.78, 5) is 1.95. The molecule has 1 heterocycles. The van der Waals surface area contributed by atoms with Crippen LogP contribution in [0.25, 0.3) is 0 Å². The number of allylic oxidation sites excluding steroid dienone is 4. The largest absolute Gasteiger partial charge is 0.362 e. The number of rotatable bonds is 4. The first-order chi connectivity index (χ1) is 10.2. The van der Waals surface area contributed by atoms with E-state index >= 15 is 0 Å². The molecule has 0 bridgehead atoms. The highest BCUT2D eigenvalue weighted by atomic mass is 32.2. The second-order valence-electron chi connectivity index (χ2n) is 7.43. The third kappa shape index (κ3) is 4.20. The van der Waals surface area contributed by atoms with Gasteiger partial charge in [0.05, 0.1) is 18.9 Å². The first-order valence-electron chi connectivity index (χ1n) is 7.84. The van der Waals surface area contributed by atoms with Crippen LogP contribution in [0.2, 0.25) is 25.7 Å². The summed E-state index contributed by atoms with van der Waals surface area (Å²) in [6.45, 7) is 13.4. The van der Waals surface area contributed by atoms with Crippen LogP contribution in [0.1, 0.15) is 19.4 Å². The summed E-state index contributed by atoms with van der Waals surface area (Å²) >= 11 is 0. The predicted molar refractivity (Wildman–Crippen MR) is 98.8 cm³/mol. The van der Waals surface area contributed by atoms with Crippen molar-refractivity contribution in [2.24, 2.45) is 5.92 Å². The van der Waals surface area contributed by atoms with Crippen molar-refractivity contribution >= 4 is 18.9 Å². The first kappa shape index (κ1) is 17.2. The summed E-state index contributed by atoms with van der Waals surface area (Å²) in [5.41, 5.74) is 3.55. The molecule has 0 spiro atoms. The van der Waals surface area contributed by atoms with Gasteiger partial charge in [-0.05, 0) is 32.0 Å². The zero-order valence-electron chi connectivity index (χ0n) is 14.5. The minimum atomic E-state index is -1.28. The van der Waals surface area contributed by atoms with Crippen LogP contribution in [0, 0.1) is 12.8 Å². The Morgan fingerprint density at radius 2 is 1.73 bits per heavy atom. The summed E-state index contributed by atoms with van der Waals surface area (Å²) in [7, 11) is -2.38. The van der Waals surface area contributed by atoms with Crippen molar-refractivity contribution in [3.05, 3.63) is 52.2 Å². The molecule has 0 fully saturated rings. The lowest BCUT2D eigenvalue weighted by Crippen LogP contribution is -2.30. The molecule has 0 saturated heterocycles. The highest BCUT2D eigenvalue weighted by molar-refractivity contribution is 7.89. The lowest BCUT2D eigenvalue weighted by atomic mass is 10.1. The summed E-state index contributed by atoms with van der Waals surface area (Å²) in [6.07, 6.45) is 2.18. The van der Waals surface area contributed by atoms with Crippen LogP contribution in [0.4, 0.5) is 0 Å². The van der Waals surface area contributed by atoms with Crippen LogP contribution in [0.3, 0.4) is 0 Å². The zero-order chi connectivity index (χ0) is 16.5. The van der Waals surface area contributed by atoms with Gasteiger partial charge in [-0.25, -0.2) is 4.21 Å². The number of dihydropyridines is 1. The van der Waals surface area contributed by atoms with Crippen LogP contribution < -0.4 is 5.32 Å². The van der Waals surface area contributed by atoms with Crippen LogP contribution in [-0.2, 0) is 10.8 Å². The molecule has 1 aliphatic heterocycles. The van der Waals surface area contributed by atoms with E-state index in [1.165, 1.54) is 17.0 Å².